The number of carbonyl (C=O) groups excluding carboxylic acids is 1. The SMILES string of the molecule is COc1ccccc1C(=O)Nc1nc(-c2nnn(-c3cccc(C(F)(F)F)c3)c2C)ns1. The monoisotopic (exact) mass is 460 g/mol. The van der Waals surface area contributed by atoms with Crippen molar-refractivity contribution in [3.8, 4) is 23.0 Å². The number of hydrogen-bond acceptors (Lipinski definition) is 7. The zero-order valence-corrected chi connectivity index (χ0v) is 17.5. The van der Waals surface area contributed by atoms with E-state index in [1.54, 1.807) is 31.2 Å². The van der Waals surface area contributed by atoms with Gasteiger partial charge in [0.2, 0.25) is 5.13 Å². The molecule has 0 spiro atoms. The zero-order valence-electron chi connectivity index (χ0n) is 16.7. The lowest BCUT2D eigenvalue weighted by atomic mass is 10.2. The minimum absolute atomic E-state index is 0.195. The van der Waals surface area contributed by atoms with E-state index in [0.29, 0.717) is 17.0 Å². The highest BCUT2D eigenvalue weighted by Crippen LogP contribution is 2.31. The number of aromatic nitrogens is 5. The first kappa shape index (κ1) is 21.4. The van der Waals surface area contributed by atoms with Crippen LogP contribution in [-0.4, -0.2) is 37.4 Å². The molecule has 0 fully saturated rings. The summed E-state index contributed by atoms with van der Waals surface area (Å²) in [6.07, 6.45) is -4.47. The maximum atomic E-state index is 13.0. The third kappa shape index (κ3) is 4.17. The van der Waals surface area contributed by atoms with Crippen LogP contribution in [0.15, 0.2) is 48.5 Å². The lowest BCUT2D eigenvalue weighted by Gasteiger charge is -2.09. The van der Waals surface area contributed by atoms with E-state index in [9.17, 15) is 18.0 Å². The van der Waals surface area contributed by atoms with E-state index < -0.39 is 17.6 Å². The highest BCUT2D eigenvalue weighted by Gasteiger charge is 2.31. The van der Waals surface area contributed by atoms with Crippen LogP contribution in [0.25, 0.3) is 17.2 Å². The first-order chi connectivity index (χ1) is 15.3. The van der Waals surface area contributed by atoms with E-state index in [-0.39, 0.29) is 22.3 Å². The number of nitrogens with zero attached hydrogens (tertiary/aromatic N) is 5. The number of para-hydroxylation sites is 1. The van der Waals surface area contributed by atoms with E-state index in [1.165, 1.54) is 23.9 Å². The van der Waals surface area contributed by atoms with Crippen molar-refractivity contribution in [1.82, 2.24) is 24.4 Å². The molecule has 0 unspecified atom stereocenters. The van der Waals surface area contributed by atoms with Gasteiger partial charge in [0.25, 0.3) is 5.91 Å². The number of hydrogen-bond donors (Lipinski definition) is 1. The van der Waals surface area contributed by atoms with Gasteiger partial charge in [0.15, 0.2) is 11.5 Å². The average molecular weight is 460 g/mol. The van der Waals surface area contributed by atoms with Crippen LogP contribution < -0.4 is 10.1 Å². The van der Waals surface area contributed by atoms with E-state index >= 15 is 0 Å². The van der Waals surface area contributed by atoms with Crippen LogP contribution in [0.2, 0.25) is 0 Å². The summed E-state index contributed by atoms with van der Waals surface area (Å²) in [6, 6.07) is 11.5. The van der Waals surface area contributed by atoms with Crippen LogP contribution >= 0.6 is 11.5 Å². The summed E-state index contributed by atoms with van der Waals surface area (Å²) in [5.74, 6) is 0.185. The molecule has 4 rings (SSSR count). The number of amides is 1. The van der Waals surface area contributed by atoms with Gasteiger partial charge in [-0.1, -0.05) is 23.4 Å². The number of rotatable bonds is 5. The number of ether oxygens (including phenoxy) is 1. The molecule has 8 nitrogen and oxygen atoms in total. The first-order valence-electron chi connectivity index (χ1n) is 9.16. The normalized spacial score (nSPS) is 11.4. The fourth-order valence-electron chi connectivity index (χ4n) is 2.96. The second-order valence-corrected chi connectivity index (χ2v) is 7.31. The van der Waals surface area contributed by atoms with Crippen molar-refractivity contribution in [2.24, 2.45) is 0 Å². The van der Waals surface area contributed by atoms with Crippen molar-refractivity contribution in [3.05, 3.63) is 65.4 Å². The lowest BCUT2D eigenvalue weighted by molar-refractivity contribution is -0.137. The Kier molecular flexibility index (Phi) is 5.61. The van der Waals surface area contributed by atoms with Gasteiger partial charge in [0.05, 0.1) is 29.6 Å². The molecule has 12 heteroatoms. The molecule has 1 N–H and O–H groups in total. The molecular formula is C20H15F3N6O2S. The second-order valence-electron chi connectivity index (χ2n) is 6.56. The smallest absolute Gasteiger partial charge is 0.416 e. The molecular weight excluding hydrogens is 445 g/mol. The number of nitrogens with one attached hydrogen (secondary N) is 1. The van der Waals surface area contributed by atoms with Gasteiger partial charge in [-0.2, -0.15) is 22.5 Å². The number of benzene rings is 2. The van der Waals surface area contributed by atoms with Crippen LogP contribution in [0.4, 0.5) is 18.3 Å². The Morgan fingerprint density at radius 1 is 1.16 bits per heavy atom. The van der Waals surface area contributed by atoms with Gasteiger partial charge in [-0.25, -0.2) is 4.68 Å². The van der Waals surface area contributed by atoms with Crippen molar-refractivity contribution in [2.45, 2.75) is 13.1 Å². The Balaban J connectivity index is 1.58. The second kappa shape index (κ2) is 8.38. The minimum Gasteiger partial charge on any atom is -0.496 e. The number of alkyl halides is 3. The summed E-state index contributed by atoms with van der Waals surface area (Å²) in [4.78, 5) is 16.8. The van der Waals surface area contributed by atoms with Crippen LogP contribution in [0.3, 0.4) is 0 Å². The molecule has 0 saturated carbocycles. The summed E-state index contributed by atoms with van der Waals surface area (Å²) in [7, 11) is 1.46. The van der Waals surface area contributed by atoms with Crippen molar-refractivity contribution in [3.63, 3.8) is 0 Å². The molecule has 32 heavy (non-hydrogen) atoms. The summed E-state index contributed by atoms with van der Waals surface area (Å²) < 4.78 is 49.7. The first-order valence-corrected chi connectivity index (χ1v) is 9.93. The minimum atomic E-state index is -4.47. The van der Waals surface area contributed by atoms with Gasteiger partial charge in [0, 0.05) is 11.5 Å². The molecule has 0 bridgehead atoms. The van der Waals surface area contributed by atoms with Gasteiger partial charge >= 0.3 is 6.18 Å². The average Bonchev–Trinajstić information content (AvgIpc) is 3.39. The highest BCUT2D eigenvalue weighted by atomic mass is 32.1. The predicted molar refractivity (Wildman–Crippen MR) is 111 cm³/mol. The Hall–Kier alpha value is -3.80. The van der Waals surface area contributed by atoms with Crippen LogP contribution in [0.5, 0.6) is 5.75 Å². The predicted octanol–water partition coefficient (Wildman–Crippen LogP) is 4.37. The van der Waals surface area contributed by atoms with Gasteiger partial charge in [0.1, 0.15) is 5.75 Å². The zero-order chi connectivity index (χ0) is 22.9. The molecule has 4 aromatic rings. The molecule has 2 aromatic heterocycles. The van der Waals surface area contributed by atoms with Crippen molar-refractivity contribution < 1.29 is 22.7 Å². The molecule has 0 aliphatic heterocycles. The fourth-order valence-corrected chi connectivity index (χ4v) is 3.53. The Morgan fingerprint density at radius 3 is 2.69 bits per heavy atom. The highest BCUT2D eigenvalue weighted by molar-refractivity contribution is 7.10. The molecule has 0 radical (unpaired) electrons. The Bertz CT molecular complexity index is 1280. The van der Waals surface area contributed by atoms with Gasteiger partial charge in [-0.15, -0.1) is 5.10 Å². The third-order valence-corrected chi connectivity index (χ3v) is 5.15. The maximum absolute atomic E-state index is 13.0. The standard InChI is InChI=1S/C20H15F3N6O2S/c1-11-16(26-28-29(11)13-7-5-6-12(10-13)20(21,22)23)17-24-19(32-27-17)25-18(30)14-8-3-4-9-15(14)31-2/h3-10H,1-2H3,(H,24,25,27,30). The number of halogens is 3. The van der Waals surface area contributed by atoms with Crippen LogP contribution in [0, 0.1) is 6.92 Å². The molecule has 0 saturated heterocycles. The Labute approximate surface area is 183 Å². The van der Waals surface area contributed by atoms with E-state index in [1.807, 2.05) is 0 Å². The molecule has 0 aliphatic rings. The van der Waals surface area contributed by atoms with Crippen LogP contribution in [-0.2, 0) is 6.18 Å². The van der Waals surface area contributed by atoms with Gasteiger partial charge < -0.3 is 4.74 Å². The maximum Gasteiger partial charge on any atom is 0.416 e. The summed E-state index contributed by atoms with van der Waals surface area (Å²) in [5, 5.41) is 10.8. The van der Waals surface area contributed by atoms with Gasteiger partial charge in [-0.3, -0.25) is 10.1 Å². The van der Waals surface area contributed by atoms with Crippen LogP contribution in [0.1, 0.15) is 21.6 Å². The van der Waals surface area contributed by atoms with Gasteiger partial charge in [-0.05, 0) is 37.3 Å². The molecule has 0 aliphatic carbocycles. The van der Waals surface area contributed by atoms with Crippen molar-refractivity contribution >= 4 is 22.6 Å². The van der Waals surface area contributed by atoms with E-state index in [2.05, 4.69) is 25.0 Å². The fraction of sp³-hybridized carbons (Fsp3) is 0.150. The number of carbonyl (C=O) groups is 1. The number of anilines is 1. The molecule has 1 amide bonds. The quantitative estimate of drug-likeness (QED) is 0.475. The Morgan fingerprint density at radius 2 is 1.94 bits per heavy atom. The molecule has 2 heterocycles. The summed E-state index contributed by atoms with van der Waals surface area (Å²) in [6.45, 7) is 1.64. The lowest BCUT2D eigenvalue weighted by Crippen LogP contribution is -2.12. The third-order valence-electron chi connectivity index (χ3n) is 4.52. The topological polar surface area (TPSA) is 94.8 Å². The molecule has 0 atom stereocenters. The van der Waals surface area contributed by atoms with E-state index in [4.69, 9.17) is 4.74 Å². The van der Waals surface area contributed by atoms with Crippen molar-refractivity contribution in [2.75, 3.05) is 12.4 Å². The van der Waals surface area contributed by atoms with Crippen molar-refractivity contribution in [1.29, 1.82) is 0 Å². The largest absolute Gasteiger partial charge is 0.496 e. The summed E-state index contributed by atoms with van der Waals surface area (Å²) in [5.41, 5.74) is 0.482. The molecule has 2 aromatic carbocycles. The summed E-state index contributed by atoms with van der Waals surface area (Å²) >= 11 is 0.941. The number of methoxy groups -OCH3 is 1. The van der Waals surface area contributed by atoms with E-state index in [0.717, 1.165) is 23.7 Å². The molecule has 164 valence electrons.